The van der Waals surface area contributed by atoms with Gasteiger partial charge < -0.3 is 15.8 Å². The number of aryl methyl sites for hydroxylation is 1. The van der Waals surface area contributed by atoms with E-state index in [1.807, 2.05) is 0 Å². The number of rotatable bonds is 6. The minimum atomic E-state index is -0.0497. The Labute approximate surface area is 128 Å². The Bertz CT molecular complexity index is 484. The summed E-state index contributed by atoms with van der Waals surface area (Å²) in [6.07, 6.45) is 9.06. The summed E-state index contributed by atoms with van der Waals surface area (Å²) in [6, 6.07) is 6.48. The number of nitrogens with one attached hydrogen (secondary N) is 1. The average molecular weight is 288 g/mol. The van der Waals surface area contributed by atoms with Gasteiger partial charge in [-0.25, -0.2) is 0 Å². The lowest BCUT2D eigenvalue weighted by Crippen LogP contribution is -2.51. The van der Waals surface area contributed by atoms with Gasteiger partial charge in [-0.1, -0.05) is 25.3 Å². The molecule has 3 rings (SSSR count). The highest BCUT2D eigenvalue weighted by Crippen LogP contribution is 2.37. The van der Waals surface area contributed by atoms with Crippen molar-refractivity contribution in [3.8, 4) is 5.75 Å². The monoisotopic (exact) mass is 288 g/mol. The van der Waals surface area contributed by atoms with E-state index in [2.05, 4.69) is 23.5 Å². The smallest absolute Gasteiger partial charge is 0.119 e. The lowest BCUT2D eigenvalue weighted by molar-refractivity contribution is 0.248. The van der Waals surface area contributed by atoms with Crippen LogP contribution in [0.4, 0.5) is 0 Å². The molecule has 1 unspecified atom stereocenters. The summed E-state index contributed by atoms with van der Waals surface area (Å²) in [5, 5.41) is 3.81. The number of methoxy groups -OCH3 is 1. The summed E-state index contributed by atoms with van der Waals surface area (Å²) in [5.74, 6) is 1.88. The first-order valence-corrected chi connectivity index (χ1v) is 8.40. The van der Waals surface area contributed by atoms with Gasteiger partial charge in [0.25, 0.3) is 0 Å². The third-order valence-corrected chi connectivity index (χ3v) is 5.47. The average Bonchev–Trinajstić information content (AvgIpc) is 2.49. The van der Waals surface area contributed by atoms with E-state index in [-0.39, 0.29) is 5.54 Å². The molecule has 1 saturated carbocycles. The first-order valence-electron chi connectivity index (χ1n) is 8.40. The molecule has 0 aliphatic heterocycles. The molecule has 2 aliphatic carbocycles. The fourth-order valence-electron chi connectivity index (χ4n) is 3.83. The number of nitrogens with two attached hydrogens (primary N) is 1. The third kappa shape index (κ3) is 2.95. The van der Waals surface area contributed by atoms with Gasteiger partial charge in [0.2, 0.25) is 0 Å². The van der Waals surface area contributed by atoms with E-state index in [0.29, 0.717) is 6.54 Å². The normalized spacial score (nSPS) is 25.2. The molecule has 0 spiro atoms. The Morgan fingerprint density at radius 3 is 2.86 bits per heavy atom. The van der Waals surface area contributed by atoms with Crippen molar-refractivity contribution in [1.29, 1.82) is 0 Å². The van der Waals surface area contributed by atoms with Crippen molar-refractivity contribution in [3.63, 3.8) is 0 Å². The highest BCUT2D eigenvalue weighted by molar-refractivity contribution is 5.42. The summed E-state index contributed by atoms with van der Waals surface area (Å²) < 4.78 is 5.42. The quantitative estimate of drug-likeness (QED) is 0.846. The summed E-state index contributed by atoms with van der Waals surface area (Å²) >= 11 is 0. The first-order chi connectivity index (χ1) is 10.3. The van der Waals surface area contributed by atoms with Crippen LogP contribution in [0.15, 0.2) is 18.2 Å². The molecule has 0 heterocycles. The molecule has 3 nitrogen and oxygen atoms in total. The van der Waals surface area contributed by atoms with Crippen LogP contribution in [0.3, 0.4) is 0 Å². The van der Waals surface area contributed by atoms with Crippen LogP contribution in [0, 0.1) is 5.92 Å². The molecule has 0 aromatic heterocycles. The Morgan fingerprint density at radius 1 is 1.33 bits per heavy atom. The zero-order valence-electron chi connectivity index (χ0n) is 13.2. The number of hydrogen-bond acceptors (Lipinski definition) is 3. The van der Waals surface area contributed by atoms with Crippen LogP contribution in [-0.2, 0) is 12.0 Å². The lowest BCUT2D eigenvalue weighted by Gasteiger charge is -2.40. The molecular weight excluding hydrogens is 260 g/mol. The molecule has 3 N–H and O–H groups in total. The molecule has 0 saturated heterocycles. The summed E-state index contributed by atoms with van der Waals surface area (Å²) in [7, 11) is 1.73. The zero-order valence-corrected chi connectivity index (χ0v) is 13.2. The molecule has 21 heavy (non-hydrogen) atoms. The molecule has 1 atom stereocenters. The van der Waals surface area contributed by atoms with Crippen LogP contribution in [0.1, 0.15) is 49.7 Å². The highest BCUT2D eigenvalue weighted by Gasteiger charge is 2.35. The van der Waals surface area contributed by atoms with Gasteiger partial charge in [0, 0.05) is 6.54 Å². The van der Waals surface area contributed by atoms with Gasteiger partial charge in [0.15, 0.2) is 0 Å². The zero-order chi connectivity index (χ0) is 14.7. The highest BCUT2D eigenvalue weighted by atomic mass is 16.5. The predicted molar refractivity (Wildman–Crippen MR) is 86.6 cm³/mol. The van der Waals surface area contributed by atoms with E-state index in [9.17, 15) is 0 Å². The topological polar surface area (TPSA) is 47.3 Å². The van der Waals surface area contributed by atoms with E-state index in [0.717, 1.165) is 31.1 Å². The second-order valence-electron chi connectivity index (χ2n) is 6.68. The fourth-order valence-corrected chi connectivity index (χ4v) is 3.83. The molecule has 1 aromatic carbocycles. The fraction of sp³-hybridized carbons (Fsp3) is 0.667. The van der Waals surface area contributed by atoms with Crippen LogP contribution in [0.25, 0.3) is 0 Å². The molecule has 3 heteroatoms. The standard InChI is InChI=1S/C18H28N2O/c1-21-16-8-7-15-6-3-10-18(13-19,17(15)12-16)20-11-9-14-4-2-5-14/h7-8,12,14,20H,2-6,9-11,13,19H2,1H3. The van der Waals surface area contributed by atoms with Crippen LogP contribution in [-0.4, -0.2) is 20.2 Å². The molecule has 2 aliphatic rings. The van der Waals surface area contributed by atoms with Crippen LogP contribution >= 0.6 is 0 Å². The Hall–Kier alpha value is -1.06. The van der Waals surface area contributed by atoms with Gasteiger partial charge in [-0.05, 0) is 61.4 Å². The molecule has 1 fully saturated rings. The van der Waals surface area contributed by atoms with E-state index in [1.54, 1.807) is 7.11 Å². The largest absolute Gasteiger partial charge is 0.497 e. The molecule has 0 bridgehead atoms. The van der Waals surface area contributed by atoms with Gasteiger partial charge in [-0.2, -0.15) is 0 Å². The van der Waals surface area contributed by atoms with Crippen molar-refractivity contribution < 1.29 is 4.74 Å². The van der Waals surface area contributed by atoms with Crippen LogP contribution in [0.2, 0.25) is 0 Å². The summed E-state index contributed by atoms with van der Waals surface area (Å²) in [6.45, 7) is 1.75. The van der Waals surface area contributed by atoms with E-state index < -0.39 is 0 Å². The number of hydrogen-bond donors (Lipinski definition) is 2. The van der Waals surface area contributed by atoms with Gasteiger partial charge in [0.05, 0.1) is 12.6 Å². The van der Waals surface area contributed by atoms with Crippen LogP contribution in [0.5, 0.6) is 5.75 Å². The van der Waals surface area contributed by atoms with E-state index in [4.69, 9.17) is 10.5 Å². The summed E-state index contributed by atoms with van der Waals surface area (Å²) in [4.78, 5) is 0. The van der Waals surface area contributed by atoms with Crippen molar-refractivity contribution in [1.82, 2.24) is 5.32 Å². The van der Waals surface area contributed by atoms with Gasteiger partial charge in [-0.15, -0.1) is 0 Å². The Morgan fingerprint density at radius 2 is 2.19 bits per heavy atom. The predicted octanol–water partition coefficient (Wildman–Crippen LogP) is 2.97. The minimum Gasteiger partial charge on any atom is -0.497 e. The van der Waals surface area contributed by atoms with Gasteiger partial charge >= 0.3 is 0 Å². The molecular formula is C18H28N2O. The van der Waals surface area contributed by atoms with Gasteiger partial charge in [-0.3, -0.25) is 0 Å². The molecule has 0 amide bonds. The van der Waals surface area contributed by atoms with Crippen molar-refractivity contribution in [2.75, 3.05) is 20.2 Å². The van der Waals surface area contributed by atoms with Crippen molar-refractivity contribution in [2.24, 2.45) is 11.7 Å². The van der Waals surface area contributed by atoms with Crippen molar-refractivity contribution >= 4 is 0 Å². The second kappa shape index (κ2) is 6.37. The van der Waals surface area contributed by atoms with Crippen molar-refractivity contribution in [2.45, 2.75) is 50.5 Å². The molecule has 1 aromatic rings. The van der Waals surface area contributed by atoms with Gasteiger partial charge in [0.1, 0.15) is 5.75 Å². The first kappa shape index (κ1) is 14.9. The van der Waals surface area contributed by atoms with E-state index >= 15 is 0 Å². The van der Waals surface area contributed by atoms with Crippen LogP contribution < -0.4 is 15.8 Å². The Kier molecular flexibility index (Phi) is 4.51. The number of ether oxygens (including phenoxy) is 1. The number of benzene rings is 1. The van der Waals surface area contributed by atoms with E-state index in [1.165, 1.54) is 43.2 Å². The maximum atomic E-state index is 6.20. The van der Waals surface area contributed by atoms with Crippen molar-refractivity contribution in [3.05, 3.63) is 29.3 Å². The Balaban J connectivity index is 1.77. The maximum Gasteiger partial charge on any atom is 0.119 e. The lowest BCUT2D eigenvalue weighted by atomic mass is 9.76. The SMILES string of the molecule is COc1ccc2c(c1)C(CN)(NCCC1CCC1)CCC2. The molecule has 0 radical (unpaired) electrons. The second-order valence-corrected chi connectivity index (χ2v) is 6.68. The number of fused-ring (bicyclic) bond motifs is 1. The maximum absolute atomic E-state index is 6.20. The third-order valence-electron chi connectivity index (χ3n) is 5.47. The minimum absolute atomic E-state index is 0.0497. The molecule has 116 valence electrons. The summed E-state index contributed by atoms with van der Waals surface area (Å²) in [5.41, 5.74) is 8.95.